The lowest BCUT2D eigenvalue weighted by atomic mass is 9.96. The lowest BCUT2D eigenvalue weighted by Crippen LogP contribution is -2.34. The number of nitrogens with zero attached hydrogens (tertiary/aromatic N) is 7. The van der Waals surface area contributed by atoms with Gasteiger partial charge in [0.15, 0.2) is 5.82 Å². The lowest BCUT2D eigenvalue weighted by Gasteiger charge is -2.22. The average Bonchev–Trinajstić information content (AvgIpc) is 3.40. The predicted octanol–water partition coefficient (Wildman–Crippen LogP) is 3.70. The minimum Gasteiger partial charge on any atom is -0.474 e. The molecule has 11 heteroatoms. The van der Waals surface area contributed by atoms with Crippen LogP contribution in [0.4, 0.5) is 4.39 Å². The average molecular weight is 553 g/mol. The van der Waals surface area contributed by atoms with Crippen molar-refractivity contribution in [2.45, 2.75) is 25.5 Å². The summed E-state index contributed by atoms with van der Waals surface area (Å²) in [5.74, 6) is 1.61. The molecule has 208 valence electrons. The SMILES string of the molecule is Cn1nc(-c2ncccn2)cc1C(=O)N1CC2C(Oc3cc(C(C)(C)N)cc(-n4ccc5c(F)cccc54)n3)[C@H]2C1. The smallest absolute Gasteiger partial charge is 0.272 e. The molecule has 0 radical (unpaired) electrons. The third-order valence-electron chi connectivity index (χ3n) is 8.01. The fourth-order valence-corrected chi connectivity index (χ4v) is 5.70. The van der Waals surface area contributed by atoms with Crippen molar-refractivity contribution in [1.29, 1.82) is 0 Å². The second kappa shape index (κ2) is 9.20. The first-order valence-corrected chi connectivity index (χ1v) is 13.5. The number of fused-ring (bicyclic) bond motifs is 2. The highest BCUT2D eigenvalue weighted by molar-refractivity contribution is 5.94. The first-order chi connectivity index (χ1) is 19.7. The van der Waals surface area contributed by atoms with Gasteiger partial charge in [0.05, 0.1) is 5.52 Å². The van der Waals surface area contributed by atoms with Gasteiger partial charge < -0.3 is 19.9 Å². The van der Waals surface area contributed by atoms with Crippen LogP contribution in [0.5, 0.6) is 5.88 Å². The number of ether oxygens (including phenoxy) is 1. The Morgan fingerprint density at radius 1 is 1.07 bits per heavy atom. The summed E-state index contributed by atoms with van der Waals surface area (Å²) in [6, 6.07) is 14.0. The van der Waals surface area contributed by atoms with E-state index in [9.17, 15) is 9.18 Å². The molecule has 2 aliphatic rings. The van der Waals surface area contributed by atoms with E-state index < -0.39 is 5.54 Å². The molecule has 10 nitrogen and oxygen atoms in total. The molecule has 7 rings (SSSR count). The molecule has 4 aromatic heterocycles. The molecular formula is C30H29FN8O2. The number of hydrogen-bond donors (Lipinski definition) is 1. The molecule has 0 spiro atoms. The maximum absolute atomic E-state index is 14.4. The number of pyridine rings is 1. The number of halogens is 1. The standard InChI is InChI=1S/C30H29FN8O2/c1-30(2,32)17-12-25(39-11-8-18-21(31)6-4-7-23(18)39)35-26(13-17)41-27-19-15-38(16-20(19)27)29(40)24-14-22(36-37(24)3)28-33-9-5-10-34-28/h4-14,19-20,27H,15-16,32H2,1-3H3/t19-,20?,27?/m0/s1. The van der Waals surface area contributed by atoms with Crippen LogP contribution in [-0.4, -0.2) is 59.3 Å². The molecule has 1 aliphatic heterocycles. The van der Waals surface area contributed by atoms with Crippen LogP contribution in [0.25, 0.3) is 28.2 Å². The van der Waals surface area contributed by atoms with E-state index in [2.05, 4.69) is 15.1 Å². The number of rotatable bonds is 6. The zero-order valence-electron chi connectivity index (χ0n) is 22.9. The molecule has 5 heterocycles. The summed E-state index contributed by atoms with van der Waals surface area (Å²) in [7, 11) is 1.75. The summed E-state index contributed by atoms with van der Waals surface area (Å²) in [6.07, 6.45) is 5.05. The monoisotopic (exact) mass is 552 g/mol. The molecule has 2 fully saturated rings. The van der Waals surface area contributed by atoms with E-state index in [1.165, 1.54) is 6.07 Å². The summed E-state index contributed by atoms with van der Waals surface area (Å²) in [6.45, 7) is 5.03. The highest BCUT2D eigenvalue weighted by Crippen LogP contribution is 2.48. The zero-order chi connectivity index (χ0) is 28.5. The van der Waals surface area contributed by atoms with Crippen LogP contribution in [0.2, 0.25) is 0 Å². The molecule has 3 atom stereocenters. The Labute approximate surface area is 235 Å². The van der Waals surface area contributed by atoms with E-state index in [1.54, 1.807) is 54.6 Å². The van der Waals surface area contributed by atoms with Crippen LogP contribution >= 0.6 is 0 Å². The summed E-state index contributed by atoms with van der Waals surface area (Å²) in [5, 5.41) is 4.95. The van der Waals surface area contributed by atoms with E-state index in [0.717, 1.165) is 5.56 Å². The molecule has 1 amide bonds. The molecule has 5 aromatic rings. The Kier molecular flexibility index (Phi) is 5.69. The van der Waals surface area contributed by atoms with E-state index in [4.69, 9.17) is 15.5 Å². The van der Waals surface area contributed by atoms with E-state index in [1.807, 2.05) is 41.5 Å². The van der Waals surface area contributed by atoms with Gasteiger partial charge in [-0.05, 0) is 49.7 Å². The topological polar surface area (TPSA) is 117 Å². The molecular weight excluding hydrogens is 523 g/mol. The van der Waals surface area contributed by atoms with Gasteiger partial charge >= 0.3 is 0 Å². The van der Waals surface area contributed by atoms with E-state index >= 15 is 0 Å². The number of benzene rings is 1. The van der Waals surface area contributed by atoms with E-state index in [-0.39, 0.29) is 29.7 Å². The fourth-order valence-electron chi connectivity index (χ4n) is 5.70. The van der Waals surface area contributed by atoms with Crippen molar-refractivity contribution < 1.29 is 13.9 Å². The molecule has 41 heavy (non-hydrogen) atoms. The second-order valence-corrected chi connectivity index (χ2v) is 11.4. The number of aromatic nitrogens is 6. The summed E-state index contributed by atoms with van der Waals surface area (Å²) < 4.78 is 24.2. The lowest BCUT2D eigenvalue weighted by molar-refractivity contribution is 0.0740. The third-order valence-corrected chi connectivity index (χ3v) is 8.01. The van der Waals surface area contributed by atoms with Crippen LogP contribution in [0.15, 0.2) is 67.1 Å². The highest BCUT2D eigenvalue weighted by atomic mass is 19.1. The van der Waals surface area contributed by atoms with E-state index in [0.29, 0.717) is 52.9 Å². The largest absolute Gasteiger partial charge is 0.474 e. The van der Waals surface area contributed by atoms with Crippen LogP contribution in [0.3, 0.4) is 0 Å². The number of aryl methyl sites for hydroxylation is 1. The summed E-state index contributed by atoms with van der Waals surface area (Å²) in [4.78, 5) is 28.4. The van der Waals surface area contributed by atoms with Crippen LogP contribution < -0.4 is 10.5 Å². The van der Waals surface area contributed by atoms with Crippen LogP contribution in [0, 0.1) is 17.7 Å². The zero-order valence-corrected chi connectivity index (χ0v) is 22.9. The molecule has 0 bridgehead atoms. The van der Waals surface area contributed by atoms with Gasteiger partial charge in [-0.15, -0.1) is 0 Å². The minimum atomic E-state index is -0.639. The molecule has 1 saturated carbocycles. The first kappa shape index (κ1) is 25.3. The molecule has 1 aliphatic carbocycles. The van der Waals surface area contributed by atoms with Crippen molar-refractivity contribution in [2.24, 2.45) is 24.6 Å². The number of amides is 1. The minimum absolute atomic E-state index is 0.0470. The van der Waals surface area contributed by atoms with Gasteiger partial charge in [-0.1, -0.05) is 6.07 Å². The number of carbonyl (C=O) groups excluding carboxylic acids is 1. The Bertz CT molecular complexity index is 1780. The number of likely N-dealkylation sites (tertiary alicyclic amines) is 1. The molecule has 1 aromatic carbocycles. The van der Waals surface area contributed by atoms with Gasteiger partial charge in [0.2, 0.25) is 5.88 Å². The van der Waals surface area contributed by atoms with Crippen molar-refractivity contribution in [2.75, 3.05) is 13.1 Å². The normalized spacial score (nSPS) is 19.9. The van der Waals surface area contributed by atoms with Gasteiger partial charge in [0.25, 0.3) is 5.91 Å². The Morgan fingerprint density at radius 3 is 2.56 bits per heavy atom. The van der Waals surface area contributed by atoms with Crippen molar-refractivity contribution in [3.63, 3.8) is 0 Å². The van der Waals surface area contributed by atoms with Crippen molar-refractivity contribution in [3.05, 3.63) is 84.2 Å². The van der Waals surface area contributed by atoms with Crippen molar-refractivity contribution >= 4 is 16.8 Å². The van der Waals surface area contributed by atoms with Gasteiger partial charge in [-0.25, -0.2) is 14.4 Å². The maximum atomic E-state index is 14.4. The predicted molar refractivity (Wildman–Crippen MR) is 150 cm³/mol. The maximum Gasteiger partial charge on any atom is 0.272 e. The molecule has 2 N–H and O–H groups in total. The Balaban J connectivity index is 1.09. The van der Waals surface area contributed by atoms with Gasteiger partial charge in [0, 0.05) is 73.6 Å². The summed E-state index contributed by atoms with van der Waals surface area (Å²) in [5.41, 5.74) is 8.45. The fraction of sp³-hybridized carbons (Fsp3) is 0.300. The second-order valence-electron chi connectivity index (χ2n) is 11.4. The van der Waals surface area contributed by atoms with Gasteiger partial charge in [-0.2, -0.15) is 10.1 Å². The number of piperidine rings is 1. The summed E-state index contributed by atoms with van der Waals surface area (Å²) >= 11 is 0. The van der Waals surface area contributed by atoms with Crippen LogP contribution in [0.1, 0.15) is 29.9 Å². The van der Waals surface area contributed by atoms with Crippen LogP contribution in [-0.2, 0) is 12.6 Å². The Hall–Kier alpha value is -4.64. The number of hydrogen-bond acceptors (Lipinski definition) is 7. The molecule has 2 unspecified atom stereocenters. The quantitative estimate of drug-likeness (QED) is 0.341. The number of carbonyl (C=O) groups is 1. The van der Waals surface area contributed by atoms with Gasteiger partial charge in [0.1, 0.15) is 29.1 Å². The van der Waals surface area contributed by atoms with Crippen molar-refractivity contribution in [3.8, 4) is 23.2 Å². The molecule has 1 saturated heterocycles. The first-order valence-electron chi connectivity index (χ1n) is 13.5. The van der Waals surface area contributed by atoms with Gasteiger partial charge in [-0.3, -0.25) is 9.48 Å². The van der Waals surface area contributed by atoms with Crippen molar-refractivity contribution in [1.82, 2.24) is 34.2 Å². The Morgan fingerprint density at radius 2 is 1.83 bits per heavy atom. The number of nitrogens with two attached hydrogens (primary N) is 1. The third kappa shape index (κ3) is 4.42. The highest BCUT2D eigenvalue weighted by Gasteiger charge is 2.59.